The van der Waals surface area contributed by atoms with E-state index >= 15 is 0 Å². The van der Waals surface area contributed by atoms with E-state index in [0.29, 0.717) is 6.04 Å². The predicted molar refractivity (Wildman–Crippen MR) is 84.4 cm³/mol. The first-order valence-corrected chi connectivity index (χ1v) is 8.19. The van der Waals surface area contributed by atoms with Gasteiger partial charge in [0.05, 0.1) is 12.1 Å². The highest BCUT2D eigenvalue weighted by Crippen LogP contribution is 2.43. The maximum Gasteiger partial charge on any atom is 0.0812 e. The van der Waals surface area contributed by atoms with Crippen LogP contribution in [0.5, 0.6) is 0 Å². The number of aryl methyl sites for hydroxylation is 1. The summed E-state index contributed by atoms with van der Waals surface area (Å²) < 4.78 is 2.42. The largest absolute Gasteiger partial charge is 0.388 e. The van der Waals surface area contributed by atoms with E-state index in [1.165, 1.54) is 16.3 Å². The van der Waals surface area contributed by atoms with E-state index in [2.05, 4.69) is 55.8 Å². The quantitative estimate of drug-likeness (QED) is 0.866. The molecule has 0 bridgehead atoms. The first-order chi connectivity index (χ1) is 9.39. The maximum atomic E-state index is 10.4. The van der Waals surface area contributed by atoms with Crippen LogP contribution in [0.3, 0.4) is 0 Å². The zero-order valence-corrected chi connectivity index (χ0v) is 13.5. The second-order valence-electron chi connectivity index (χ2n) is 6.81. The summed E-state index contributed by atoms with van der Waals surface area (Å²) in [4.78, 5) is 1.38. The van der Waals surface area contributed by atoms with Gasteiger partial charge in [-0.25, -0.2) is 0 Å². The van der Waals surface area contributed by atoms with E-state index in [4.69, 9.17) is 0 Å². The van der Waals surface area contributed by atoms with Crippen molar-refractivity contribution in [2.45, 2.75) is 52.7 Å². The van der Waals surface area contributed by atoms with Crippen molar-refractivity contribution in [1.82, 2.24) is 4.57 Å². The standard InChI is InChI=1S/C17H23NOS/c1-11-8-13-14(9-17(3,4)10-15(13)19)18(11)12(2)16-6-5-7-20-16/h5-8,12,15,19H,9-10H2,1-4H3. The van der Waals surface area contributed by atoms with Gasteiger partial charge in [0.25, 0.3) is 0 Å². The molecule has 0 radical (unpaired) electrons. The molecule has 1 N–H and O–H groups in total. The van der Waals surface area contributed by atoms with Crippen LogP contribution >= 0.6 is 11.3 Å². The van der Waals surface area contributed by atoms with Crippen LogP contribution in [0.15, 0.2) is 23.6 Å². The number of aromatic nitrogens is 1. The maximum absolute atomic E-state index is 10.4. The summed E-state index contributed by atoms with van der Waals surface area (Å²) in [5.74, 6) is 0. The van der Waals surface area contributed by atoms with Crippen molar-refractivity contribution in [3.8, 4) is 0 Å². The molecule has 1 aliphatic carbocycles. The van der Waals surface area contributed by atoms with Crippen molar-refractivity contribution in [3.05, 3.63) is 45.4 Å². The SMILES string of the molecule is Cc1cc2c(n1C(C)c1cccs1)CC(C)(C)CC2O. The summed E-state index contributed by atoms with van der Waals surface area (Å²) in [6.45, 7) is 8.92. The molecule has 0 aliphatic heterocycles. The molecule has 108 valence electrons. The van der Waals surface area contributed by atoms with Gasteiger partial charge >= 0.3 is 0 Å². The lowest BCUT2D eigenvalue weighted by Crippen LogP contribution is -2.27. The Morgan fingerprint density at radius 2 is 2.20 bits per heavy atom. The predicted octanol–water partition coefficient (Wildman–Crippen LogP) is 4.47. The fraction of sp³-hybridized carbons (Fsp3) is 0.529. The van der Waals surface area contributed by atoms with Gasteiger partial charge in [-0.1, -0.05) is 19.9 Å². The van der Waals surface area contributed by atoms with E-state index in [9.17, 15) is 5.11 Å². The lowest BCUT2D eigenvalue weighted by Gasteiger charge is -2.34. The molecular weight excluding hydrogens is 266 g/mol. The van der Waals surface area contributed by atoms with Gasteiger partial charge < -0.3 is 9.67 Å². The molecule has 0 saturated heterocycles. The van der Waals surface area contributed by atoms with E-state index in [-0.39, 0.29) is 11.5 Å². The molecule has 2 unspecified atom stereocenters. The molecule has 20 heavy (non-hydrogen) atoms. The van der Waals surface area contributed by atoms with Crippen molar-refractivity contribution < 1.29 is 5.11 Å². The van der Waals surface area contributed by atoms with Crippen LogP contribution in [0.1, 0.15) is 61.2 Å². The Morgan fingerprint density at radius 1 is 1.45 bits per heavy atom. The van der Waals surface area contributed by atoms with Crippen LogP contribution in [-0.4, -0.2) is 9.67 Å². The molecule has 2 aromatic rings. The monoisotopic (exact) mass is 289 g/mol. The minimum absolute atomic E-state index is 0.171. The highest BCUT2D eigenvalue weighted by atomic mass is 32.1. The van der Waals surface area contributed by atoms with Gasteiger partial charge in [0, 0.05) is 21.8 Å². The fourth-order valence-corrected chi connectivity index (χ4v) is 4.33. The molecule has 0 amide bonds. The average Bonchev–Trinajstić information content (AvgIpc) is 2.94. The minimum atomic E-state index is -0.316. The number of fused-ring (bicyclic) bond motifs is 1. The molecule has 3 rings (SSSR count). The number of hydrogen-bond acceptors (Lipinski definition) is 2. The van der Waals surface area contributed by atoms with Gasteiger partial charge in [-0.3, -0.25) is 0 Å². The molecule has 2 heterocycles. The normalized spacial score (nSPS) is 22.6. The number of thiophene rings is 1. The summed E-state index contributed by atoms with van der Waals surface area (Å²) >= 11 is 1.81. The Balaban J connectivity index is 2.09. The van der Waals surface area contributed by atoms with Crippen molar-refractivity contribution >= 4 is 11.3 Å². The Kier molecular flexibility index (Phi) is 3.30. The molecule has 0 aromatic carbocycles. The highest BCUT2D eigenvalue weighted by molar-refractivity contribution is 7.10. The summed E-state index contributed by atoms with van der Waals surface area (Å²) in [5.41, 5.74) is 3.90. The molecule has 0 saturated carbocycles. The van der Waals surface area contributed by atoms with Gasteiger partial charge in [0.2, 0.25) is 0 Å². The molecule has 2 aromatic heterocycles. The third-order valence-corrected chi connectivity index (χ3v) is 5.50. The molecule has 2 nitrogen and oxygen atoms in total. The molecule has 1 aliphatic rings. The van der Waals surface area contributed by atoms with Crippen molar-refractivity contribution in [2.75, 3.05) is 0 Å². The zero-order chi connectivity index (χ0) is 14.5. The van der Waals surface area contributed by atoms with Crippen LogP contribution < -0.4 is 0 Å². The van der Waals surface area contributed by atoms with E-state index < -0.39 is 0 Å². The van der Waals surface area contributed by atoms with Crippen LogP contribution in [0, 0.1) is 12.3 Å². The third kappa shape index (κ3) is 2.23. The van der Waals surface area contributed by atoms with Gasteiger partial charge in [0.1, 0.15) is 0 Å². The van der Waals surface area contributed by atoms with E-state index in [1.54, 1.807) is 11.3 Å². The van der Waals surface area contributed by atoms with Crippen molar-refractivity contribution in [3.63, 3.8) is 0 Å². The Labute approximate surface area is 125 Å². The number of aliphatic hydroxyl groups excluding tert-OH is 1. The lowest BCUT2D eigenvalue weighted by molar-refractivity contribution is 0.0978. The van der Waals surface area contributed by atoms with E-state index in [0.717, 1.165) is 18.4 Å². The summed E-state index contributed by atoms with van der Waals surface area (Å²) in [7, 11) is 0. The molecule has 0 spiro atoms. The number of aliphatic hydroxyl groups is 1. The third-order valence-electron chi connectivity index (χ3n) is 4.46. The van der Waals surface area contributed by atoms with Crippen LogP contribution in [0.4, 0.5) is 0 Å². The van der Waals surface area contributed by atoms with E-state index in [1.807, 2.05) is 0 Å². The average molecular weight is 289 g/mol. The highest BCUT2D eigenvalue weighted by Gasteiger charge is 2.35. The Morgan fingerprint density at radius 3 is 2.85 bits per heavy atom. The smallest absolute Gasteiger partial charge is 0.0812 e. The second-order valence-corrected chi connectivity index (χ2v) is 7.79. The minimum Gasteiger partial charge on any atom is -0.388 e. The van der Waals surface area contributed by atoms with Gasteiger partial charge in [0.15, 0.2) is 0 Å². The number of rotatable bonds is 2. The summed E-state index contributed by atoms with van der Waals surface area (Å²) in [6, 6.07) is 6.84. The molecule has 2 atom stereocenters. The lowest BCUT2D eigenvalue weighted by atomic mass is 9.75. The topological polar surface area (TPSA) is 25.2 Å². The van der Waals surface area contributed by atoms with Crippen molar-refractivity contribution in [1.29, 1.82) is 0 Å². The Bertz CT molecular complexity index is 609. The van der Waals surface area contributed by atoms with Gasteiger partial charge in [-0.05, 0) is 49.6 Å². The number of hydrogen-bond donors (Lipinski definition) is 1. The second kappa shape index (κ2) is 4.74. The number of nitrogens with zero attached hydrogens (tertiary/aromatic N) is 1. The fourth-order valence-electron chi connectivity index (χ4n) is 3.56. The summed E-state index contributed by atoms with van der Waals surface area (Å²) in [6.07, 6.45) is 1.59. The van der Waals surface area contributed by atoms with Gasteiger partial charge in [-0.15, -0.1) is 11.3 Å². The van der Waals surface area contributed by atoms with Crippen LogP contribution in [-0.2, 0) is 6.42 Å². The molecular formula is C17H23NOS. The zero-order valence-electron chi connectivity index (χ0n) is 12.7. The van der Waals surface area contributed by atoms with Crippen molar-refractivity contribution in [2.24, 2.45) is 5.41 Å². The molecule has 3 heteroatoms. The Hall–Kier alpha value is -1.06. The first-order valence-electron chi connectivity index (χ1n) is 7.31. The van der Waals surface area contributed by atoms with Crippen LogP contribution in [0.25, 0.3) is 0 Å². The molecule has 0 fully saturated rings. The van der Waals surface area contributed by atoms with Crippen LogP contribution in [0.2, 0.25) is 0 Å². The van der Waals surface area contributed by atoms with Gasteiger partial charge in [-0.2, -0.15) is 0 Å². The summed E-state index contributed by atoms with van der Waals surface area (Å²) in [5, 5.41) is 12.6. The first kappa shape index (κ1) is 13.9.